The van der Waals surface area contributed by atoms with Gasteiger partial charge in [0.1, 0.15) is 5.60 Å². The van der Waals surface area contributed by atoms with Gasteiger partial charge in [-0.05, 0) is 73.2 Å². The lowest BCUT2D eigenvalue weighted by molar-refractivity contribution is -0.160. The van der Waals surface area contributed by atoms with Crippen LogP contribution < -0.4 is 0 Å². The molecular formula is C17H29BO4. The minimum atomic E-state index is -0.424. The second-order valence-electron chi connectivity index (χ2n) is 8.37. The summed E-state index contributed by atoms with van der Waals surface area (Å²) in [6.07, 6.45) is 4.42. The molecule has 0 unspecified atom stereocenters. The molecular weight excluding hydrogens is 279 g/mol. The van der Waals surface area contributed by atoms with Gasteiger partial charge in [-0.15, -0.1) is 0 Å². The second-order valence-corrected chi connectivity index (χ2v) is 8.37. The summed E-state index contributed by atoms with van der Waals surface area (Å²) in [6.45, 7) is 13.9. The number of hydrogen-bond acceptors (Lipinski definition) is 4. The lowest BCUT2D eigenvalue weighted by Crippen LogP contribution is -2.41. The molecule has 5 heteroatoms. The van der Waals surface area contributed by atoms with Crippen molar-refractivity contribution >= 4 is 13.1 Å². The first-order valence-electron chi connectivity index (χ1n) is 8.19. The van der Waals surface area contributed by atoms with Crippen LogP contribution in [0.15, 0.2) is 11.5 Å². The van der Waals surface area contributed by atoms with Crippen molar-refractivity contribution in [2.75, 3.05) is 0 Å². The zero-order chi connectivity index (χ0) is 16.8. The standard InChI is InChI=1S/C17H29BO4/c1-15(2,3)20-14(19)12-8-10-13(11-9-12)18-21-16(4,5)17(6,7)22-18/h10,12H,8-9,11H2,1-7H3/t12-/m0/s1. The fraction of sp³-hybridized carbons (Fsp3) is 0.824. The topological polar surface area (TPSA) is 44.8 Å². The predicted molar refractivity (Wildman–Crippen MR) is 87.4 cm³/mol. The van der Waals surface area contributed by atoms with Crippen molar-refractivity contribution in [3.8, 4) is 0 Å². The first-order chi connectivity index (χ1) is 9.91. The second kappa shape index (κ2) is 5.68. The van der Waals surface area contributed by atoms with Crippen molar-refractivity contribution in [1.82, 2.24) is 0 Å². The fourth-order valence-electron chi connectivity index (χ4n) is 2.66. The van der Waals surface area contributed by atoms with Gasteiger partial charge in [-0.2, -0.15) is 0 Å². The van der Waals surface area contributed by atoms with Crippen molar-refractivity contribution in [3.63, 3.8) is 0 Å². The number of allylic oxidation sites excluding steroid dienone is 2. The van der Waals surface area contributed by atoms with Crippen molar-refractivity contribution in [2.24, 2.45) is 5.92 Å². The Labute approximate surface area is 134 Å². The van der Waals surface area contributed by atoms with Gasteiger partial charge in [-0.3, -0.25) is 4.79 Å². The molecule has 0 aromatic carbocycles. The highest BCUT2D eigenvalue weighted by Crippen LogP contribution is 2.40. The van der Waals surface area contributed by atoms with Gasteiger partial charge < -0.3 is 14.0 Å². The third kappa shape index (κ3) is 3.74. The van der Waals surface area contributed by atoms with Gasteiger partial charge in [0.05, 0.1) is 17.1 Å². The van der Waals surface area contributed by atoms with E-state index in [4.69, 9.17) is 14.0 Å². The van der Waals surface area contributed by atoms with Crippen LogP contribution >= 0.6 is 0 Å². The summed E-state index contributed by atoms with van der Waals surface area (Å²) < 4.78 is 17.6. The Morgan fingerprint density at radius 3 is 2.18 bits per heavy atom. The van der Waals surface area contributed by atoms with E-state index in [1.807, 2.05) is 20.8 Å². The van der Waals surface area contributed by atoms with Gasteiger partial charge >= 0.3 is 13.1 Å². The van der Waals surface area contributed by atoms with Crippen LogP contribution in [0.2, 0.25) is 0 Å². The van der Waals surface area contributed by atoms with Gasteiger partial charge in [0.2, 0.25) is 0 Å². The molecule has 0 radical (unpaired) electrons. The normalized spacial score (nSPS) is 27.5. The van der Waals surface area contributed by atoms with Crippen LogP contribution in [-0.2, 0) is 18.8 Å². The Hall–Kier alpha value is -0.805. The molecule has 1 saturated heterocycles. The van der Waals surface area contributed by atoms with Gasteiger partial charge in [0.25, 0.3) is 0 Å². The minimum Gasteiger partial charge on any atom is -0.460 e. The summed E-state index contributed by atoms with van der Waals surface area (Å²) in [6, 6.07) is 0. The Balaban J connectivity index is 1.97. The van der Waals surface area contributed by atoms with Crippen molar-refractivity contribution in [2.45, 2.75) is 84.5 Å². The summed E-state index contributed by atoms with van der Waals surface area (Å²) in [5.74, 6) is -0.151. The molecule has 0 bridgehead atoms. The summed E-state index contributed by atoms with van der Waals surface area (Å²) in [7, 11) is -0.287. The van der Waals surface area contributed by atoms with E-state index in [1.54, 1.807) is 0 Å². The van der Waals surface area contributed by atoms with E-state index >= 15 is 0 Å². The van der Waals surface area contributed by atoms with Gasteiger partial charge in [-0.1, -0.05) is 6.08 Å². The molecule has 1 atom stereocenters. The highest BCUT2D eigenvalue weighted by atomic mass is 16.7. The smallest absolute Gasteiger partial charge is 0.460 e. The van der Waals surface area contributed by atoms with E-state index in [1.165, 1.54) is 0 Å². The zero-order valence-electron chi connectivity index (χ0n) is 15.0. The van der Waals surface area contributed by atoms with Gasteiger partial charge in [-0.25, -0.2) is 0 Å². The van der Waals surface area contributed by atoms with Gasteiger partial charge in [0, 0.05) is 0 Å². The van der Waals surface area contributed by atoms with E-state index in [2.05, 4.69) is 33.8 Å². The monoisotopic (exact) mass is 308 g/mol. The van der Waals surface area contributed by atoms with E-state index in [0.29, 0.717) is 6.42 Å². The predicted octanol–water partition coefficient (Wildman–Crippen LogP) is 3.69. The maximum atomic E-state index is 12.1. The highest BCUT2D eigenvalue weighted by Gasteiger charge is 2.52. The largest absolute Gasteiger partial charge is 0.490 e. The average Bonchev–Trinajstić information content (AvgIpc) is 2.56. The molecule has 0 spiro atoms. The van der Waals surface area contributed by atoms with Crippen LogP contribution in [0, 0.1) is 5.92 Å². The first-order valence-corrected chi connectivity index (χ1v) is 8.19. The third-order valence-corrected chi connectivity index (χ3v) is 4.74. The molecule has 0 aromatic rings. The van der Waals surface area contributed by atoms with E-state index < -0.39 is 5.60 Å². The average molecular weight is 308 g/mol. The van der Waals surface area contributed by atoms with Gasteiger partial charge in [0.15, 0.2) is 0 Å². The molecule has 0 aromatic heterocycles. The minimum absolute atomic E-state index is 0.0506. The molecule has 2 rings (SSSR count). The zero-order valence-corrected chi connectivity index (χ0v) is 15.0. The van der Waals surface area contributed by atoms with Crippen LogP contribution in [0.1, 0.15) is 67.7 Å². The Morgan fingerprint density at radius 2 is 1.77 bits per heavy atom. The number of hydrogen-bond donors (Lipinski definition) is 0. The number of esters is 1. The highest BCUT2D eigenvalue weighted by molar-refractivity contribution is 6.54. The Morgan fingerprint density at radius 1 is 1.23 bits per heavy atom. The van der Waals surface area contributed by atoms with Crippen LogP contribution in [0.3, 0.4) is 0 Å². The molecule has 1 aliphatic carbocycles. The summed E-state index contributed by atoms with van der Waals surface area (Å²) >= 11 is 0. The van der Waals surface area contributed by atoms with E-state index in [-0.39, 0.29) is 30.2 Å². The fourth-order valence-corrected chi connectivity index (χ4v) is 2.66. The molecule has 2 aliphatic rings. The Bertz CT molecular complexity index is 458. The molecule has 124 valence electrons. The number of rotatable bonds is 2. The molecule has 1 fully saturated rings. The summed E-state index contributed by atoms with van der Waals surface area (Å²) in [5, 5.41) is 0. The van der Waals surface area contributed by atoms with E-state index in [9.17, 15) is 4.79 Å². The number of carbonyl (C=O) groups is 1. The summed E-state index contributed by atoms with van der Waals surface area (Å²) in [5.41, 5.74) is 0.0897. The maximum Gasteiger partial charge on any atom is 0.490 e. The SMILES string of the molecule is CC(C)(C)OC(=O)[C@H]1CC=C(B2OC(C)(C)C(C)(C)O2)CC1. The third-order valence-electron chi connectivity index (χ3n) is 4.74. The summed E-state index contributed by atoms with van der Waals surface area (Å²) in [4.78, 5) is 12.1. The lowest BCUT2D eigenvalue weighted by Gasteiger charge is -2.32. The number of ether oxygens (including phenoxy) is 1. The van der Waals surface area contributed by atoms with Crippen molar-refractivity contribution < 1.29 is 18.8 Å². The molecule has 1 aliphatic heterocycles. The van der Waals surface area contributed by atoms with Crippen LogP contribution in [0.25, 0.3) is 0 Å². The van der Waals surface area contributed by atoms with Crippen LogP contribution in [0.4, 0.5) is 0 Å². The van der Waals surface area contributed by atoms with Crippen LogP contribution in [-0.4, -0.2) is 29.9 Å². The molecule has 1 heterocycles. The quantitative estimate of drug-likeness (QED) is 0.576. The number of carbonyl (C=O) groups excluding carboxylic acids is 1. The molecule has 0 N–H and O–H groups in total. The molecule has 0 saturated carbocycles. The molecule has 22 heavy (non-hydrogen) atoms. The Kier molecular flexibility index (Phi) is 4.53. The van der Waals surface area contributed by atoms with E-state index in [0.717, 1.165) is 18.3 Å². The molecule has 0 amide bonds. The van der Waals surface area contributed by atoms with Crippen molar-refractivity contribution in [3.05, 3.63) is 11.5 Å². The molecule has 4 nitrogen and oxygen atoms in total. The lowest BCUT2D eigenvalue weighted by atomic mass is 9.70. The van der Waals surface area contributed by atoms with Crippen molar-refractivity contribution in [1.29, 1.82) is 0 Å². The van der Waals surface area contributed by atoms with Crippen LogP contribution in [0.5, 0.6) is 0 Å². The maximum absolute atomic E-state index is 12.1. The first kappa shape index (κ1) is 17.5.